The maximum Gasteiger partial charge on any atom is 0.228 e. The molecule has 5 unspecified atom stereocenters. The van der Waals surface area contributed by atoms with Crippen LogP contribution in [0, 0.1) is 30.1 Å². The molecule has 10 heteroatoms. The third-order valence-electron chi connectivity index (χ3n) is 6.88. The number of aliphatic hydroxyl groups is 2. The number of carbonyl (C=O) groups excluding carboxylic acids is 1. The van der Waals surface area contributed by atoms with Crippen LogP contribution in [-0.4, -0.2) is 61.4 Å². The van der Waals surface area contributed by atoms with Gasteiger partial charge >= 0.3 is 0 Å². The Morgan fingerprint density at radius 1 is 1.34 bits per heavy atom. The van der Waals surface area contributed by atoms with Gasteiger partial charge in [-0.15, -0.1) is 11.3 Å². The second-order valence-corrected chi connectivity index (χ2v) is 9.61. The van der Waals surface area contributed by atoms with Gasteiger partial charge in [0.25, 0.3) is 0 Å². The van der Waals surface area contributed by atoms with Crippen molar-refractivity contribution in [2.45, 2.75) is 38.0 Å². The van der Waals surface area contributed by atoms with Crippen LogP contribution in [0.1, 0.15) is 35.7 Å². The van der Waals surface area contributed by atoms with Crippen LogP contribution in [-0.2, 0) is 4.79 Å². The third kappa shape index (κ3) is 2.71. The predicted molar refractivity (Wildman–Crippen MR) is 120 cm³/mol. The standard InChI is InChI=1S/C22H24N6O3S/c1-11-7-8-32-13(11)5-6-14-26-17(23-3)15-18(27-14)28(10-25-15)16-12-9-21(2,20(30)24-4)19(29)22(12,16)31/h7-8,10,12,16,19,29,31H,9H2,1-4H3,(H,24,30)(H,23,26,27). The zero-order valence-corrected chi connectivity index (χ0v) is 19.0. The fraction of sp³-hybridized carbons (Fsp3) is 0.455. The van der Waals surface area contributed by atoms with Gasteiger partial charge in [0, 0.05) is 20.0 Å². The van der Waals surface area contributed by atoms with Crippen LogP contribution >= 0.6 is 11.3 Å². The second-order valence-electron chi connectivity index (χ2n) is 8.69. The largest absolute Gasteiger partial charge is 0.389 e. The summed E-state index contributed by atoms with van der Waals surface area (Å²) in [5, 5.41) is 29.8. The Bertz CT molecular complexity index is 1310. The highest BCUT2D eigenvalue weighted by atomic mass is 32.1. The van der Waals surface area contributed by atoms with Crippen molar-refractivity contribution in [2.24, 2.45) is 11.3 Å². The number of imidazole rings is 1. The molecule has 0 aliphatic heterocycles. The number of hydrogen-bond donors (Lipinski definition) is 4. The maximum atomic E-state index is 12.3. The first-order chi connectivity index (χ1) is 15.3. The van der Waals surface area contributed by atoms with Crippen molar-refractivity contribution in [3.05, 3.63) is 34.0 Å². The number of rotatable bonds is 3. The number of hydrogen-bond acceptors (Lipinski definition) is 8. The van der Waals surface area contributed by atoms with Crippen molar-refractivity contribution in [1.29, 1.82) is 0 Å². The van der Waals surface area contributed by atoms with Crippen molar-refractivity contribution >= 4 is 34.2 Å². The van der Waals surface area contributed by atoms with Gasteiger partial charge < -0.3 is 25.4 Å². The van der Waals surface area contributed by atoms with Crippen LogP contribution in [0.5, 0.6) is 0 Å². The predicted octanol–water partition coefficient (Wildman–Crippen LogP) is 1.06. The monoisotopic (exact) mass is 452 g/mol. The third-order valence-corrected chi connectivity index (χ3v) is 7.81. The van der Waals surface area contributed by atoms with Crippen LogP contribution < -0.4 is 10.6 Å². The number of aromatic nitrogens is 4. The molecule has 0 aromatic carbocycles. The molecular formula is C22H24N6O3S. The lowest BCUT2D eigenvalue weighted by molar-refractivity contribution is -0.140. The Morgan fingerprint density at radius 3 is 2.72 bits per heavy atom. The van der Waals surface area contributed by atoms with Crippen molar-refractivity contribution in [1.82, 2.24) is 24.8 Å². The molecule has 0 spiro atoms. The summed E-state index contributed by atoms with van der Waals surface area (Å²) in [6.45, 7) is 3.69. The minimum atomic E-state index is -1.42. The molecule has 3 aromatic heterocycles. The van der Waals surface area contributed by atoms with Gasteiger partial charge in [0.15, 0.2) is 17.0 Å². The molecule has 4 N–H and O–H groups in total. The number of carbonyl (C=O) groups is 1. The normalized spacial score (nSPS) is 30.5. The average Bonchev–Trinajstić information content (AvgIpc) is 3.15. The summed E-state index contributed by atoms with van der Waals surface area (Å²) < 4.78 is 1.77. The number of thiophene rings is 1. The van der Waals surface area contributed by atoms with Crippen LogP contribution in [0.4, 0.5) is 5.82 Å². The number of nitrogens with one attached hydrogen (secondary N) is 2. The molecule has 0 radical (unpaired) electrons. The molecule has 0 saturated heterocycles. The van der Waals surface area contributed by atoms with E-state index in [1.807, 2.05) is 18.4 Å². The van der Waals surface area contributed by atoms with Gasteiger partial charge in [-0.25, -0.2) is 15.0 Å². The topological polar surface area (TPSA) is 125 Å². The van der Waals surface area contributed by atoms with Gasteiger partial charge in [0.2, 0.25) is 11.7 Å². The van der Waals surface area contributed by atoms with E-state index in [1.165, 1.54) is 7.05 Å². The number of nitrogens with zero attached hydrogens (tertiary/aromatic N) is 4. The van der Waals surface area contributed by atoms with Crippen molar-refractivity contribution < 1.29 is 15.0 Å². The van der Waals surface area contributed by atoms with Crippen LogP contribution in [0.2, 0.25) is 0 Å². The maximum absolute atomic E-state index is 12.3. The Morgan fingerprint density at radius 2 is 2.12 bits per heavy atom. The van der Waals surface area contributed by atoms with Crippen molar-refractivity contribution in [3.8, 4) is 11.8 Å². The van der Waals surface area contributed by atoms with Gasteiger partial charge in [-0.2, -0.15) is 0 Å². The van der Waals surface area contributed by atoms with Crippen LogP contribution in [0.15, 0.2) is 17.8 Å². The van der Waals surface area contributed by atoms with Gasteiger partial charge in [0.1, 0.15) is 5.60 Å². The zero-order valence-electron chi connectivity index (χ0n) is 18.2. The highest BCUT2D eigenvalue weighted by Crippen LogP contribution is 2.69. The molecule has 166 valence electrons. The highest BCUT2D eigenvalue weighted by molar-refractivity contribution is 7.10. The number of aryl methyl sites for hydroxylation is 1. The first-order valence-corrected chi connectivity index (χ1v) is 11.2. The molecule has 3 heterocycles. The summed E-state index contributed by atoms with van der Waals surface area (Å²) in [7, 11) is 3.28. The highest BCUT2D eigenvalue weighted by Gasteiger charge is 2.79. The molecule has 3 aromatic rings. The Hall–Kier alpha value is -3.00. The fourth-order valence-corrected chi connectivity index (χ4v) is 5.82. The Kier molecular flexibility index (Phi) is 4.57. The van der Waals surface area contributed by atoms with Crippen LogP contribution in [0.25, 0.3) is 11.2 Å². The van der Waals surface area contributed by atoms with Crippen molar-refractivity contribution in [2.75, 3.05) is 19.4 Å². The van der Waals surface area contributed by atoms with E-state index in [9.17, 15) is 15.0 Å². The van der Waals surface area contributed by atoms with Gasteiger partial charge in [-0.1, -0.05) is 0 Å². The Balaban J connectivity index is 1.54. The van der Waals surface area contributed by atoms with Gasteiger partial charge in [-0.3, -0.25) is 4.79 Å². The lowest BCUT2D eigenvalue weighted by atomic mass is 9.80. The molecule has 9 nitrogen and oxygen atoms in total. The first-order valence-electron chi connectivity index (χ1n) is 10.4. The second kappa shape index (κ2) is 7.00. The summed E-state index contributed by atoms with van der Waals surface area (Å²) in [6, 6.07) is 1.58. The number of aliphatic hydroxyl groups excluding tert-OH is 1. The Labute approximate surface area is 188 Å². The van der Waals surface area contributed by atoms with Crippen molar-refractivity contribution in [3.63, 3.8) is 0 Å². The molecule has 32 heavy (non-hydrogen) atoms. The van der Waals surface area contributed by atoms with E-state index in [4.69, 9.17) is 0 Å². The first kappa shape index (κ1) is 20.9. The molecule has 1 amide bonds. The summed E-state index contributed by atoms with van der Waals surface area (Å²) in [5.41, 5.74) is -0.273. The van der Waals surface area contributed by atoms with E-state index < -0.39 is 23.2 Å². The minimum Gasteiger partial charge on any atom is -0.389 e. The van der Waals surface area contributed by atoms with E-state index in [-0.39, 0.29) is 11.8 Å². The van der Waals surface area contributed by atoms with Gasteiger partial charge in [-0.05, 0) is 49.1 Å². The fourth-order valence-electron chi connectivity index (χ4n) is 5.05. The molecule has 2 aliphatic rings. The summed E-state index contributed by atoms with van der Waals surface area (Å²) in [4.78, 5) is 26.8. The summed E-state index contributed by atoms with van der Waals surface area (Å²) in [6.07, 6.45) is 0.767. The van der Waals surface area contributed by atoms with E-state index >= 15 is 0 Å². The molecule has 0 bridgehead atoms. The summed E-state index contributed by atoms with van der Waals surface area (Å²) >= 11 is 1.56. The lowest BCUT2D eigenvalue weighted by Crippen LogP contribution is -2.49. The van der Waals surface area contributed by atoms with Crippen LogP contribution in [0.3, 0.4) is 0 Å². The van der Waals surface area contributed by atoms with Gasteiger partial charge in [0.05, 0.1) is 28.8 Å². The molecular weight excluding hydrogens is 428 g/mol. The SMILES string of the molecule is CNC(=O)C1(C)CC2C(n3cnc4c(NC)nc(C#Cc5sccc5C)nc43)C2(O)C1O. The molecule has 2 fully saturated rings. The minimum absolute atomic E-state index is 0.277. The molecule has 5 rings (SSSR count). The quantitative estimate of drug-likeness (QED) is 0.438. The molecule has 5 atom stereocenters. The van der Waals surface area contributed by atoms with E-state index in [1.54, 1.807) is 36.2 Å². The number of amides is 1. The summed E-state index contributed by atoms with van der Waals surface area (Å²) in [5.74, 6) is 6.46. The number of anilines is 1. The smallest absolute Gasteiger partial charge is 0.228 e. The average molecular weight is 453 g/mol. The van der Waals surface area contributed by atoms with E-state index in [0.717, 1.165) is 10.4 Å². The molecule has 2 saturated carbocycles. The molecule has 2 aliphatic carbocycles. The number of fused-ring (bicyclic) bond motifs is 2. The zero-order chi connectivity index (χ0) is 22.8. The van der Waals surface area contributed by atoms with E-state index in [0.29, 0.717) is 29.2 Å². The lowest BCUT2D eigenvalue weighted by Gasteiger charge is -2.32. The van der Waals surface area contributed by atoms with E-state index in [2.05, 4.69) is 37.4 Å².